The van der Waals surface area contributed by atoms with Crippen molar-refractivity contribution in [3.63, 3.8) is 0 Å². The van der Waals surface area contributed by atoms with Crippen molar-refractivity contribution in [1.29, 1.82) is 0 Å². The highest BCUT2D eigenvalue weighted by Crippen LogP contribution is 2.31. The SMILES string of the molecule is CCNC(c1ccc(I)cc1)c1ccc(OCC)cc1Br. The van der Waals surface area contributed by atoms with Crippen molar-refractivity contribution in [2.75, 3.05) is 13.2 Å². The van der Waals surface area contributed by atoms with Gasteiger partial charge < -0.3 is 10.1 Å². The largest absolute Gasteiger partial charge is 0.494 e. The van der Waals surface area contributed by atoms with Crippen molar-refractivity contribution in [2.24, 2.45) is 0 Å². The molecule has 2 nitrogen and oxygen atoms in total. The summed E-state index contributed by atoms with van der Waals surface area (Å²) in [6.07, 6.45) is 0. The molecule has 112 valence electrons. The molecule has 0 aliphatic rings. The van der Waals surface area contributed by atoms with Gasteiger partial charge in [0, 0.05) is 8.04 Å². The summed E-state index contributed by atoms with van der Waals surface area (Å²) in [6, 6.07) is 15.0. The number of ether oxygens (including phenoxy) is 1. The predicted molar refractivity (Wildman–Crippen MR) is 100.0 cm³/mol. The van der Waals surface area contributed by atoms with Crippen LogP contribution in [0.3, 0.4) is 0 Å². The van der Waals surface area contributed by atoms with E-state index in [9.17, 15) is 0 Å². The first-order valence-corrected chi connectivity index (χ1v) is 8.94. The van der Waals surface area contributed by atoms with Gasteiger partial charge in [-0.3, -0.25) is 0 Å². The second-order valence-corrected chi connectivity index (χ2v) is 6.76. The van der Waals surface area contributed by atoms with Crippen LogP contribution in [-0.2, 0) is 0 Å². The minimum Gasteiger partial charge on any atom is -0.494 e. The van der Waals surface area contributed by atoms with Gasteiger partial charge in [-0.2, -0.15) is 0 Å². The Morgan fingerprint density at radius 2 is 1.86 bits per heavy atom. The maximum atomic E-state index is 5.55. The van der Waals surface area contributed by atoms with Crippen LogP contribution in [0.4, 0.5) is 0 Å². The Kier molecular flexibility index (Phi) is 6.51. The van der Waals surface area contributed by atoms with Gasteiger partial charge in [-0.25, -0.2) is 0 Å². The molecule has 2 rings (SSSR count). The lowest BCUT2D eigenvalue weighted by molar-refractivity contribution is 0.340. The highest BCUT2D eigenvalue weighted by Gasteiger charge is 2.16. The molecular formula is C17H19BrINO. The normalized spacial score (nSPS) is 12.2. The van der Waals surface area contributed by atoms with Gasteiger partial charge in [0.2, 0.25) is 0 Å². The van der Waals surface area contributed by atoms with Gasteiger partial charge in [0.15, 0.2) is 0 Å². The van der Waals surface area contributed by atoms with Crippen molar-refractivity contribution in [2.45, 2.75) is 19.9 Å². The van der Waals surface area contributed by atoms with E-state index in [0.29, 0.717) is 6.61 Å². The van der Waals surface area contributed by atoms with E-state index in [1.54, 1.807) is 0 Å². The maximum Gasteiger partial charge on any atom is 0.120 e. The molecule has 2 aromatic rings. The fourth-order valence-corrected chi connectivity index (χ4v) is 3.21. The van der Waals surface area contributed by atoms with Crippen LogP contribution in [0, 0.1) is 3.57 Å². The lowest BCUT2D eigenvalue weighted by Gasteiger charge is -2.21. The van der Waals surface area contributed by atoms with Gasteiger partial charge in [0.05, 0.1) is 12.6 Å². The standard InChI is InChI=1S/C17H19BrINO/c1-3-20-17(12-5-7-13(19)8-6-12)15-10-9-14(21-4-2)11-16(15)18/h5-11,17,20H,3-4H2,1-2H3. The average Bonchev–Trinajstić information content (AvgIpc) is 2.47. The number of hydrogen-bond donors (Lipinski definition) is 1. The third-order valence-corrected chi connectivity index (χ3v) is 4.61. The molecule has 1 unspecified atom stereocenters. The predicted octanol–water partition coefficient (Wildman–Crippen LogP) is 5.15. The second kappa shape index (κ2) is 8.15. The van der Waals surface area contributed by atoms with Gasteiger partial charge in [-0.1, -0.05) is 41.1 Å². The number of hydrogen-bond acceptors (Lipinski definition) is 2. The highest BCUT2D eigenvalue weighted by atomic mass is 127. The molecule has 21 heavy (non-hydrogen) atoms. The molecule has 0 amide bonds. The number of halogens is 2. The first-order valence-electron chi connectivity index (χ1n) is 7.06. The molecule has 2 aromatic carbocycles. The first-order chi connectivity index (χ1) is 10.2. The molecule has 0 spiro atoms. The van der Waals surface area contributed by atoms with Gasteiger partial charge in [-0.15, -0.1) is 0 Å². The van der Waals surface area contributed by atoms with Crippen LogP contribution >= 0.6 is 38.5 Å². The molecule has 0 bridgehead atoms. The van der Waals surface area contributed by atoms with E-state index in [1.165, 1.54) is 14.7 Å². The monoisotopic (exact) mass is 459 g/mol. The van der Waals surface area contributed by atoms with Gasteiger partial charge in [0.25, 0.3) is 0 Å². The number of benzene rings is 2. The Balaban J connectivity index is 2.35. The second-order valence-electron chi connectivity index (χ2n) is 4.66. The molecule has 0 radical (unpaired) electrons. The Labute approximate surface area is 148 Å². The van der Waals surface area contributed by atoms with Gasteiger partial charge >= 0.3 is 0 Å². The fourth-order valence-electron chi connectivity index (χ4n) is 2.27. The minimum atomic E-state index is 0.178. The van der Waals surface area contributed by atoms with Crippen molar-refractivity contribution in [3.05, 3.63) is 61.6 Å². The molecule has 1 N–H and O–H groups in total. The van der Waals surface area contributed by atoms with Gasteiger partial charge in [-0.05, 0) is 71.5 Å². The van der Waals surface area contributed by atoms with Crippen molar-refractivity contribution in [3.8, 4) is 5.75 Å². The summed E-state index contributed by atoms with van der Waals surface area (Å²) in [5.41, 5.74) is 2.49. The van der Waals surface area contributed by atoms with Crippen molar-refractivity contribution < 1.29 is 4.74 Å². The van der Waals surface area contributed by atoms with E-state index >= 15 is 0 Å². The molecule has 0 aliphatic heterocycles. The third-order valence-electron chi connectivity index (χ3n) is 3.21. The smallest absolute Gasteiger partial charge is 0.120 e. The Morgan fingerprint density at radius 3 is 2.43 bits per heavy atom. The van der Waals surface area contributed by atoms with Gasteiger partial charge in [0.1, 0.15) is 5.75 Å². The van der Waals surface area contributed by atoms with Crippen LogP contribution in [0.1, 0.15) is 31.0 Å². The summed E-state index contributed by atoms with van der Waals surface area (Å²) >= 11 is 6.01. The minimum absolute atomic E-state index is 0.178. The van der Waals surface area contributed by atoms with Crippen LogP contribution in [0.25, 0.3) is 0 Å². The lowest BCUT2D eigenvalue weighted by atomic mass is 9.98. The van der Waals surface area contributed by atoms with E-state index in [1.807, 2.05) is 19.1 Å². The van der Waals surface area contributed by atoms with Crippen LogP contribution in [0.2, 0.25) is 0 Å². The maximum absolute atomic E-state index is 5.55. The van der Waals surface area contributed by atoms with E-state index in [0.717, 1.165) is 16.8 Å². The summed E-state index contributed by atoms with van der Waals surface area (Å²) in [4.78, 5) is 0. The first kappa shape index (κ1) is 16.8. The van der Waals surface area contributed by atoms with Crippen LogP contribution in [0.5, 0.6) is 5.75 Å². The summed E-state index contributed by atoms with van der Waals surface area (Å²) < 4.78 is 7.87. The van der Waals surface area contributed by atoms with E-state index in [2.05, 4.69) is 81.1 Å². The summed E-state index contributed by atoms with van der Waals surface area (Å²) in [5, 5.41) is 3.55. The number of rotatable bonds is 6. The molecule has 0 saturated heterocycles. The summed E-state index contributed by atoms with van der Waals surface area (Å²) in [7, 11) is 0. The Hall–Kier alpha value is -0.590. The topological polar surface area (TPSA) is 21.3 Å². The highest BCUT2D eigenvalue weighted by molar-refractivity contribution is 14.1. The van der Waals surface area contributed by atoms with Crippen molar-refractivity contribution >= 4 is 38.5 Å². The molecule has 0 aliphatic carbocycles. The summed E-state index contributed by atoms with van der Waals surface area (Å²) in [6.45, 7) is 5.72. The van der Waals surface area contributed by atoms with Crippen LogP contribution in [0.15, 0.2) is 46.9 Å². The fraction of sp³-hybridized carbons (Fsp3) is 0.294. The quantitative estimate of drug-likeness (QED) is 0.603. The van der Waals surface area contributed by atoms with E-state index in [-0.39, 0.29) is 6.04 Å². The molecule has 0 aromatic heterocycles. The molecular weight excluding hydrogens is 441 g/mol. The van der Waals surface area contributed by atoms with Crippen molar-refractivity contribution in [1.82, 2.24) is 5.32 Å². The van der Waals surface area contributed by atoms with E-state index < -0.39 is 0 Å². The third kappa shape index (κ3) is 4.44. The number of nitrogens with one attached hydrogen (secondary N) is 1. The lowest BCUT2D eigenvalue weighted by Crippen LogP contribution is -2.22. The average molecular weight is 460 g/mol. The molecule has 0 heterocycles. The zero-order chi connectivity index (χ0) is 15.2. The molecule has 0 fully saturated rings. The molecule has 1 atom stereocenters. The van der Waals surface area contributed by atoms with E-state index in [4.69, 9.17) is 4.74 Å². The zero-order valence-electron chi connectivity index (χ0n) is 12.2. The van der Waals surface area contributed by atoms with Crippen LogP contribution in [-0.4, -0.2) is 13.2 Å². The zero-order valence-corrected chi connectivity index (χ0v) is 15.9. The summed E-state index contributed by atoms with van der Waals surface area (Å²) in [5.74, 6) is 0.894. The molecule has 4 heteroatoms. The Morgan fingerprint density at radius 1 is 1.14 bits per heavy atom. The molecule has 0 saturated carbocycles. The van der Waals surface area contributed by atoms with Crippen LogP contribution < -0.4 is 10.1 Å². The Bertz CT molecular complexity index is 586.